The highest BCUT2D eigenvalue weighted by atomic mass is 35.5. The number of benzene rings is 1. The number of carbonyl (C=O) groups is 1. The molecule has 1 aromatic carbocycles. The van der Waals surface area contributed by atoms with E-state index >= 15 is 0 Å². The molecular weight excluding hydrogens is 250 g/mol. The second-order valence-corrected chi connectivity index (χ2v) is 3.14. The van der Waals surface area contributed by atoms with Crippen molar-refractivity contribution in [1.29, 1.82) is 0 Å². The molecule has 0 aliphatic rings. The van der Waals surface area contributed by atoms with Crippen LogP contribution in [-0.2, 0) is 11.0 Å². The fourth-order valence-electron chi connectivity index (χ4n) is 1.01. The Labute approximate surface area is 93.2 Å². The minimum Gasteiger partial charge on any atom is -0.325 e. The molecule has 1 rings (SSSR count). The average molecular weight is 256 g/mol. The quantitative estimate of drug-likeness (QED) is 0.639. The lowest BCUT2D eigenvalue weighted by Crippen LogP contribution is -2.14. The summed E-state index contributed by atoms with van der Waals surface area (Å²) < 4.78 is 49.6. The first kappa shape index (κ1) is 12.8. The number of hydrogen-bond acceptors (Lipinski definition) is 1. The minimum absolute atomic E-state index is 0.153. The van der Waals surface area contributed by atoms with Gasteiger partial charge < -0.3 is 5.32 Å². The van der Waals surface area contributed by atoms with Crippen LogP contribution in [0.1, 0.15) is 5.56 Å². The molecule has 0 radical (unpaired) electrons. The second kappa shape index (κ2) is 4.69. The van der Waals surface area contributed by atoms with E-state index in [0.29, 0.717) is 12.1 Å². The lowest BCUT2D eigenvalue weighted by molar-refractivity contribution is -0.140. The van der Waals surface area contributed by atoms with Crippen molar-refractivity contribution in [3.8, 4) is 0 Å². The summed E-state index contributed by atoms with van der Waals surface area (Å²) in [4.78, 5) is 10.8. The number of halogens is 5. The monoisotopic (exact) mass is 255 g/mol. The van der Waals surface area contributed by atoms with E-state index in [9.17, 15) is 22.4 Å². The van der Waals surface area contributed by atoms with Crippen LogP contribution < -0.4 is 5.32 Å². The molecule has 1 aromatic rings. The maximum atomic E-state index is 12.8. The van der Waals surface area contributed by atoms with Crippen LogP contribution in [0.2, 0.25) is 0 Å². The lowest BCUT2D eigenvalue weighted by atomic mass is 10.2. The topological polar surface area (TPSA) is 29.1 Å². The molecule has 16 heavy (non-hydrogen) atoms. The van der Waals surface area contributed by atoms with Gasteiger partial charge in [-0.25, -0.2) is 4.39 Å². The number of alkyl halides is 4. The normalized spacial score (nSPS) is 11.3. The third kappa shape index (κ3) is 3.10. The second-order valence-electron chi connectivity index (χ2n) is 2.87. The van der Waals surface area contributed by atoms with Gasteiger partial charge in [-0.1, -0.05) is 0 Å². The fourth-order valence-corrected chi connectivity index (χ4v) is 1.08. The molecule has 0 saturated carbocycles. The Bertz CT molecular complexity index is 405. The van der Waals surface area contributed by atoms with Gasteiger partial charge in [0.1, 0.15) is 11.7 Å². The number of anilines is 1. The number of carbonyl (C=O) groups excluding carboxylic acids is 1. The largest absolute Gasteiger partial charge is 0.419 e. The van der Waals surface area contributed by atoms with Crippen LogP contribution >= 0.6 is 11.6 Å². The van der Waals surface area contributed by atoms with Gasteiger partial charge in [-0.05, 0) is 18.2 Å². The number of hydrogen-bond donors (Lipinski definition) is 1. The summed E-state index contributed by atoms with van der Waals surface area (Å²) in [6, 6.07) is 2.17. The summed E-state index contributed by atoms with van der Waals surface area (Å²) in [5.41, 5.74) is -1.58. The molecule has 88 valence electrons. The van der Waals surface area contributed by atoms with Gasteiger partial charge >= 0.3 is 6.18 Å². The molecule has 0 fully saturated rings. The summed E-state index contributed by atoms with van der Waals surface area (Å²) >= 11 is 5.15. The fraction of sp³-hybridized carbons (Fsp3) is 0.222. The van der Waals surface area contributed by atoms with Crippen molar-refractivity contribution >= 4 is 23.2 Å². The molecule has 0 saturated heterocycles. The van der Waals surface area contributed by atoms with Crippen molar-refractivity contribution in [2.24, 2.45) is 0 Å². The third-order valence-electron chi connectivity index (χ3n) is 1.68. The first-order valence-electron chi connectivity index (χ1n) is 4.07. The van der Waals surface area contributed by atoms with Gasteiger partial charge in [-0.3, -0.25) is 4.79 Å². The zero-order chi connectivity index (χ0) is 12.3. The molecule has 0 atom stereocenters. The SMILES string of the molecule is O=C(CCl)Nc1ccc(F)c(C(F)(F)F)c1. The molecular formula is C9H6ClF4NO. The Hall–Kier alpha value is -1.30. The van der Waals surface area contributed by atoms with E-state index in [-0.39, 0.29) is 5.69 Å². The van der Waals surface area contributed by atoms with Crippen molar-refractivity contribution < 1.29 is 22.4 Å². The Morgan fingerprint density at radius 3 is 2.50 bits per heavy atom. The molecule has 0 bridgehead atoms. The molecule has 0 aliphatic carbocycles. The molecule has 0 heterocycles. The van der Waals surface area contributed by atoms with Crippen molar-refractivity contribution in [3.05, 3.63) is 29.6 Å². The number of amides is 1. The Kier molecular flexibility index (Phi) is 3.74. The van der Waals surface area contributed by atoms with E-state index in [2.05, 4.69) is 5.32 Å². The Morgan fingerprint density at radius 2 is 2.00 bits per heavy atom. The standard InChI is InChI=1S/C9H6ClF4NO/c10-4-8(16)15-5-1-2-7(11)6(3-5)9(12,13)14/h1-3H,4H2,(H,15,16). The van der Waals surface area contributed by atoms with E-state index in [0.717, 1.165) is 6.07 Å². The van der Waals surface area contributed by atoms with Gasteiger partial charge in [0, 0.05) is 5.69 Å². The zero-order valence-electron chi connectivity index (χ0n) is 7.74. The van der Waals surface area contributed by atoms with Crippen LogP contribution in [-0.4, -0.2) is 11.8 Å². The molecule has 7 heteroatoms. The van der Waals surface area contributed by atoms with E-state index in [1.165, 1.54) is 0 Å². The van der Waals surface area contributed by atoms with Crippen LogP contribution in [0.25, 0.3) is 0 Å². The highest BCUT2D eigenvalue weighted by Gasteiger charge is 2.34. The molecule has 2 nitrogen and oxygen atoms in total. The predicted octanol–water partition coefficient (Wildman–Crippen LogP) is 3.02. The summed E-state index contributed by atoms with van der Waals surface area (Å²) in [5, 5.41) is 2.09. The Morgan fingerprint density at radius 1 is 1.38 bits per heavy atom. The van der Waals surface area contributed by atoms with E-state index in [1.807, 2.05) is 0 Å². The summed E-state index contributed by atoms with van der Waals surface area (Å²) in [7, 11) is 0. The minimum atomic E-state index is -4.80. The van der Waals surface area contributed by atoms with Crippen molar-refractivity contribution in [1.82, 2.24) is 0 Å². The predicted molar refractivity (Wildman–Crippen MR) is 50.8 cm³/mol. The highest BCUT2D eigenvalue weighted by molar-refractivity contribution is 6.29. The molecule has 0 aliphatic heterocycles. The highest BCUT2D eigenvalue weighted by Crippen LogP contribution is 2.32. The average Bonchev–Trinajstić information content (AvgIpc) is 2.19. The molecule has 1 N–H and O–H groups in total. The van der Waals surface area contributed by atoms with Crippen LogP contribution in [0.3, 0.4) is 0 Å². The summed E-state index contributed by atoms with van der Waals surface area (Å²) in [6.07, 6.45) is -4.80. The van der Waals surface area contributed by atoms with E-state index in [4.69, 9.17) is 11.6 Å². The first-order chi connectivity index (χ1) is 7.34. The van der Waals surface area contributed by atoms with E-state index in [1.54, 1.807) is 0 Å². The van der Waals surface area contributed by atoms with Crippen LogP contribution in [0.5, 0.6) is 0 Å². The van der Waals surface area contributed by atoms with Gasteiger partial charge in [-0.2, -0.15) is 13.2 Å². The smallest absolute Gasteiger partial charge is 0.325 e. The zero-order valence-corrected chi connectivity index (χ0v) is 8.49. The van der Waals surface area contributed by atoms with Gasteiger partial charge in [0.05, 0.1) is 5.56 Å². The van der Waals surface area contributed by atoms with Crippen LogP contribution in [0.4, 0.5) is 23.2 Å². The lowest BCUT2D eigenvalue weighted by Gasteiger charge is -2.10. The maximum absolute atomic E-state index is 12.8. The van der Waals surface area contributed by atoms with Crippen molar-refractivity contribution in [2.75, 3.05) is 11.2 Å². The number of nitrogens with one attached hydrogen (secondary N) is 1. The summed E-state index contributed by atoms with van der Waals surface area (Å²) in [6.45, 7) is 0. The van der Waals surface area contributed by atoms with Crippen LogP contribution in [0, 0.1) is 5.82 Å². The first-order valence-corrected chi connectivity index (χ1v) is 4.60. The van der Waals surface area contributed by atoms with Crippen molar-refractivity contribution in [2.45, 2.75) is 6.18 Å². The molecule has 0 aromatic heterocycles. The van der Waals surface area contributed by atoms with Crippen LogP contribution in [0.15, 0.2) is 18.2 Å². The van der Waals surface area contributed by atoms with Gasteiger partial charge in [0.25, 0.3) is 0 Å². The summed E-state index contributed by atoms with van der Waals surface area (Å²) in [5.74, 6) is -2.45. The van der Waals surface area contributed by atoms with Crippen molar-refractivity contribution in [3.63, 3.8) is 0 Å². The number of rotatable bonds is 2. The molecule has 1 amide bonds. The van der Waals surface area contributed by atoms with Gasteiger partial charge in [-0.15, -0.1) is 11.6 Å². The van der Waals surface area contributed by atoms with Gasteiger partial charge in [0.15, 0.2) is 0 Å². The maximum Gasteiger partial charge on any atom is 0.419 e. The third-order valence-corrected chi connectivity index (χ3v) is 1.92. The molecule has 0 unspecified atom stereocenters. The molecule has 0 spiro atoms. The Balaban J connectivity index is 3.03. The van der Waals surface area contributed by atoms with Gasteiger partial charge in [0.2, 0.25) is 5.91 Å². The van der Waals surface area contributed by atoms with E-state index < -0.39 is 29.3 Å².